The number of carboxylic acids is 1. The van der Waals surface area contributed by atoms with Crippen LogP contribution in [0.15, 0.2) is 76.2 Å². The van der Waals surface area contributed by atoms with Crippen LogP contribution in [-0.2, 0) is 25.6 Å². The highest BCUT2D eigenvalue weighted by molar-refractivity contribution is 7.90. The minimum atomic E-state index is -3.52. The summed E-state index contributed by atoms with van der Waals surface area (Å²) in [6.45, 7) is 1.54. The van der Waals surface area contributed by atoms with E-state index in [0.717, 1.165) is 11.6 Å². The zero-order valence-electron chi connectivity index (χ0n) is 21.9. The van der Waals surface area contributed by atoms with Gasteiger partial charge in [-0.3, -0.25) is 4.79 Å². The molecule has 0 aliphatic heterocycles. The fourth-order valence-electron chi connectivity index (χ4n) is 4.35. The maximum atomic E-state index is 13.5. The SMILES string of the molecule is CP(=O)(CC(O)c1cc(Cl)c(C(=O)NC(Cc2cccc(S(C)(=O)=O)c2)C(=O)O)c(Cl)c1)c1ccc2ccoc2c1. The average molecular weight is 638 g/mol. The van der Waals surface area contributed by atoms with Crippen molar-refractivity contribution in [3.05, 3.63) is 93.7 Å². The highest BCUT2D eigenvalue weighted by Crippen LogP contribution is 2.45. The first-order valence-electron chi connectivity index (χ1n) is 12.2. The van der Waals surface area contributed by atoms with Crippen LogP contribution in [0, 0.1) is 0 Å². The van der Waals surface area contributed by atoms with Crippen molar-refractivity contribution in [3.8, 4) is 0 Å². The van der Waals surface area contributed by atoms with Gasteiger partial charge in [0, 0.05) is 29.5 Å². The molecule has 0 aliphatic carbocycles. The summed E-state index contributed by atoms with van der Waals surface area (Å²) in [5.41, 5.74) is 0.975. The quantitative estimate of drug-likeness (QED) is 0.207. The summed E-state index contributed by atoms with van der Waals surface area (Å²) in [6, 6.07) is 13.9. The number of halogens is 2. The van der Waals surface area contributed by atoms with E-state index in [2.05, 4.69) is 5.32 Å². The number of fused-ring (bicyclic) bond motifs is 1. The van der Waals surface area contributed by atoms with E-state index < -0.39 is 41.0 Å². The van der Waals surface area contributed by atoms with Crippen molar-refractivity contribution in [1.29, 1.82) is 0 Å². The molecule has 3 atom stereocenters. The van der Waals surface area contributed by atoms with Gasteiger partial charge in [-0.1, -0.05) is 47.5 Å². The summed E-state index contributed by atoms with van der Waals surface area (Å²) in [4.78, 5) is 25.0. The van der Waals surface area contributed by atoms with Gasteiger partial charge in [0.2, 0.25) is 0 Å². The highest BCUT2D eigenvalue weighted by Gasteiger charge is 2.28. The topological polar surface area (TPSA) is 151 Å². The Morgan fingerprint density at radius 3 is 2.37 bits per heavy atom. The largest absolute Gasteiger partial charge is 0.480 e. The molecule has 0 spiro atoms. The van der Waals surface area contributed by atoms with Crippen molar-refractivity contribution in [1.82, 2.24) is 5.32 Å². The zero-order chi connectivity index (χ0) is 30.1. The molecule has 13 heteroatoms. The number of aliphatic hydroxyl groups excluding tert-OH is 1. The molecular weight excluding hydrogens is 612 g/mol. The molecule has 4 aromatic rings. The van der Waals surface area contributed by atoms with Crippen molar-refractivity contribution in [2.45, 2.75) is 23.5 Å². The van der Waals surface area contributed by atoms with Crippen molar-refractivity contribution >= 4 is 68.3 Å². The Labute approximate surface area is 246 Å². The fraction of sp³-hybridized carbons (Fsp3) is 0.214. The Kier molecular flexibility index (Phi) is 9.01. The zero-order valence-corrected chi connectivity index (χ0v) is 25.1. The van der Waals surface area contributed by atoms with E-state index in [1.54, 1.807) is 37.0 Å². The number of hydrogen-bond acceptors (Lipinski definition) is 7. The van der Waals surface area contributed by atoms with E-state index in [4.69, 9.17) is 27.6 Å². The number of aliphatic hydroxyl groups is 1. The Morgan fingerprint density at radius 1 is 1.05 bits per heavy atom. The molecule has 1 aromatic heterocycles. The number of hydrogen-bond donors (Lipinski definition) is 3. The number of benzene rings is 3. The van der Waals surface area contributed by atoms with Crippen LogP contribution in [0.4, 0.5) is 0 Å². The third-order valence-corrected chi connectivity index (χ3v) is 10.7. The molecule has 216 valence electrons. The number of amides is 1. The van der Waals surface area contributed by atoms with Crippen LogP contribution >= 0.6 is 30.3 Å². The monoisotopic (exact) mass is 637 g/mol. The predicted octanol–water partition coefficient (Wildman–Crippen LogP) is 4.92. The maximum Gasteiger partial charge on any atom is 0.326 e. The van der Waals surface area contributed by atoms with Gasteiger partial charge in [0.1, 0.15) is 18.8 Å². The lowest BCUT2D eigenvalue weighted by atomic mass is 10.0. The van der Waals surface area contributed by atoms with Crippen LogP contribution in [0.2, 0.25) is 10.0 Å². The van der Waals surface area contributed by atoms with E-state index in [1.807, 2.05) is 0 Å². The molecule has 0 bridgehead atoms. The molecular formula is C28H26Cl2NO8PS. The Bertz CT molecular complexity index is 1780. The average Bonchev–Trinajstić information content (AvgIpc) is 3.35. The smallest absolute Gasteiger partial charge is 0.326 e. The molecule has 3 unspecified atom stereocenters. The van der Waals surface area contributed by atoms with Gasteiger partial charge in [0.25, 0.3) is 5.91 Å². The van der Waals surface area contributed by atoms with Gasteiger partial charge in [-0.05, 0) is 54.2 Å². The van der Waals surface area contributed by atoms with E-state index >= 15 is 0 Å². The van der Waals surface area contributed by atoms with Crippen molar-refractivity contribution in [2.24, 2.45) is 0 Å². The normalized spacial score (nSPS) is 14.8. The molecule has 0 saturated heterocycles. The lowest BCUT2D eigenvalue weighted by Gasteiger charge is -2.20. The second kappa shape index (κ2) is 12.0. The Hall–Kier alpha value is -3.14. The lowest BCUT2D eigenvalue weighted by molar-refractivity contribution is -0.139. The van der Waals surface area contributed by atoms with Gasteiger partial charge < -0.3 is 24.5 Å². The van der Waals surface area contributed by atoms with Crippen LogP contribution in [0.25, 0.3) is 11.0 Å². The molecule has 1 amide bonds. The first kappa shape index (κ1) is 30.8. The summed E-state index contributed by atoms with van der Waals surface area (Å²) in [5.74, 6) is -2.23. The van der Waals surface area contributed by atoms with Gasteiger partial charge in [0.15, 0.2) is 9.84 Å². The molecule has 0 aliphatic rings. The molecule has 0 saturated carbocycles. The Morgan fingerprint density at radius 2 is 1.73 bits per heavy atom. The first-order valence-corrected chi connectivity index (χ1v) is 17.2. The third kappa shape index (κ3) is 7.20. The summed E-state index contributed by atoms with van der Waals surface area (Å²) >= 11 is 12.7. The van der Waals surface area contributed by atoms with E-state index in [1.165, 1.54) is 36.6 Å². The molecule has 1 heterocycles. The van der Waals surface area contributed by atoms with Crippen LogP contribution in [-0.4, -0.2) is 55.6 Å². The Balaban J connectivity index is 1.51. The summed E-state index contributed by atoms with van der Waals surface area (Å²) in [7, 11) is -6.58. The minimum Gasteiger partial charge on any atom is -0.480 e. The second-order valence-corrected chi connectivity index (χ2v) is 15.7. The van der Waals surface area contributed by atoms with Gasteiger partial charge in [0.05, 0.1) is 32.9 Å². The number of rotatable bonds is 10. The molecule has 41 heavy (non-hydrogen) atoms. The maximum absolute atomic E-state index is 13.5. The number of carboxylic acid groups (broad SMARTS) is 1. The number of carbonyl (C=O) groups excluding carboxylic acids is 1. The van der Waals surface area contributed by atoms with E-state index in [-0.39, 0.29) is 38.7 Å². The molecule has 3 N–H and O–H groups in total. The molecule has 4 rings (SSSR count). The summed E-state index contributed by atoms with van der Waals surface area (Å²) in [6.07, 6.45) is 0.989. The number of carbonyl (C=O) groups is 2. The van der Waals surface area contributed by atoms with Crippen molar-refractivity contribution < 1.29 is 37.2 Å². The van der Waals surface area contributed by atoms with Crippen LogP contribution in [0.1, 0.15) is 27.6 Å². The summed E-state index contributed by atoms with van der Waals surface area (Å²) in [5, 5.41) is 24.1. The van der Waals surface area contributed by atoms with Crippen molar-refractivity contribution in [2.75, 3.05) is 19.1 Å². The van der Waals surface area contributed by atoms with Crippen molar-refractivity contribution in [3.63, 3.8) is 0 Å². The van der Waals surface area contributed by atoms with Gasteiger partial charge in [-0.25, -0.2) is 13.2 Å². The number of sulfone groups is 1. The van der Waals surface area contributed by atoms with Gasteiger partial charge >= 0.3 is 5.97 Å². The molecule has 0 radical (unpaired) electrons. The predicted molar refractivity (Wildman–Crippen MR) is 158 cm³/mol. The second-order valence-electron chi connectivity index (χ2n) is 9.79. The molecule has 3 aromatic carbocycles. The van der Waals surface area contributed by atoms with Gasteiger partial charge in [-0.15, -0.1) is 0 Å². The molecule has 0 fully saturated rings. The number of furan rings is 1. The van der Waals surface area contributed by atoms with E-state index in [9.17, 15) is 32.8 Å². The molecule has 9 nitrogen and oxygen atoms in total. The number of nitrogens with one attached hydrogen (secondary N) is 1. The number of aliphatic carboxylic acids is 1. The van der Waals surface area contributed by atoms with Crippen LogP contribution in [0.3, 0.4) is 0 Å². The van der Waals surface area contributed by atoms with Crippen LogP contribution < -0.4 is 10.6 Å². The lowest BCUT2D eigenvalue weighted by Crippen LogP contribution is -2.42. The standard InChI is InChI=1S/C28H26Cl2NO8PS/c1-40(36,19-7-6-17-8-9-39-25(17)14-19)15-24(32)18-12-21(29)26(22(30)13-18)27(33)31-23(28(34)35)11-16-4-3-5-20(10-16)41(2,37)38/h3-10,12-14,23-24,32H,11,15H2,1-2H3,(H,31,33)(H,34,35). The van der Waals surface area contributed by atoms with E-state index in [0.29, 0.717) is 16.5 Å². The van der Waals surface area contributed by atoms with Crippen LogP contribution in [0.5, 0.6) is 0 Å². The minimum absolute atomic E-state index is 0.0174. The van der Waals surface area contributed by atoms with Gasteiger partial charge in [-0.2, -0.15) is 0 Å². The summed E-state index contributed by atoms with van der Waals surface area (Å²) < 4.78 is 42.6. The first-order chi connectivity index (χ1) is 19.2. The third-order valence-electron chi connectivity index (χ3n) is 6.55. The fourth-order valence-corrected chi connectivity index (χ4v) is 7.58. The highest BCUT2D eigenvalue weighted by atomic mass is 35.5.